The third-order valence-electron chi connectivity index (χ3n) is 6.53. The van der Waals surface area contributed by atoms with Crippen LogP contribution in [0.1, 0.15) is 61.4 Å². The molecule has 1 aliphatic heterocycles. The molecule has 0 saturated carbocycles. The van der Waals surface area contributed by atoms with Gasteiger partial charge in [-0.2, -0.15) is 0 Å². The molecule has 0 aliphatic carbocycles. The molecule has 1 aromatic heterocycles. The molecule has 1 saturated heterocycles. The second kappa shape index (κ2) is 12.4. The number of nitrogens with zero attached hydrogens (tertiary/aromatic N) is 2. The van der Waals surface area contributed by atoms with Crippen LogP contribution in [-0.4, -0.2) is 39.9 Å². The molecule has 0 spiro atoms. The molecule has 198 valence electrons. The van der Waals surface area contributed by atoms with Gasteiger partial charge in [-0.3, -0.25) is 14.6 Å². The lowest BCUT2D eigenvalue weighted by Gasteiger charge is -2.26. The molecule has 7 nitrogen and oxygen atoms in total. The van der Waals surface area contributed by atoms with Crippen molar-refractivity contribution >= 4 is 17.4 Å². The van der Waals surface area contributed by atoms with E-state index in [0.29, 0.717) is 35.8 Å². The number of hydrogen-bond acceptors (Lipinski definition) is 6. The number of unbranched alkanes of at least 4 members (excludes halogenated alkanes) is 2. The van der Waals surface area contributed by atoms with Crippen LogP contribution in [-0.2, 0) is 16.1 Å². The van der Waals surface area contributed by atoms with E-state index in [1.165, 1.54) is 4.90 Å². The van der Waals surface area contributed by atoms with Gasteiger partial charge in [-0.1, -0.05) is 61.7 Å². The Bertz CT molecular complexity index is 1300. The smallest absolute Gasteiger partial charge is 0.295 e. The zero-order valence-electron chi connectivity index (χ0n) is 22.1. The van der Waals surface area contributed by atoms with Crippen molar-refractivity contribution in [2.75, 3.05) is 13.2 Å². The van der Waals surface area contributed by atoms with Crippen LogP contribution < -0.4 is 9.47 Å². The van der Waals surface area contributed by atoms with Crippen molar-refractivity contribution in [3.63, 3.8) is 0 Å². The maximum absolute atomic E-state index is 13.4. The highest BCUT2D eigenvalue weighted by molar-refractivity contribution is 6.46. The summed E-state index contributed by atoms with van der Waals surface area (Å²) in [6, 6.07) is 15.5. The number of hydrogen-bond donors (Lipinski definition) is 1. The van der Waals surface area contributed by atoms with Crippen molar-refractivity contribution in [2.24, 2.45) is 0 Å². The molecule has 2 aromatic carbocycles. The molecule has 1 aliphatic rings. The zero-order valence-corrected chi connectivity index (χ0v) is 22.1. The van der Waals surface area contributed by atoms with E-state index >= 15 is 0 Å². The van der Waals surface area contributed by atoms with E-state index in [0.717, 1.165) is 30.4 Å². The van der Waals surface area contributed by atoms with Crippen LogP contribution in [0.3, 0.4) is 0 Å². The summed E-state index contributed by atoms with van der Waals surface area (Å²) in [5, 5.41) is 11.3. The van der Waals surface area contributed by atoms with Gasteiger partial charge in [0.2, 0.25) is 0 Å². The average molecular weight is 515 g/mol. The van der Waals surface area contributed by atoms with Crippen LogP contribution in [0.4, 0.5) is 0 Å². The number of ketones is 1. The lowest BCUT2D eigenvalue weighted by atomic mass is 9.94. The number of carbonyl (C=O) groups excluding carboxylic acids is 2. The molecule has 7 heteroatoms. The number of pyridine rings is 1. The van der Waals surface area contributed by atoms with Crippen LogP contribution in [0.2, 0.25) is 0 Å². The Balaban J connectivity index is 1.80. The summed E-state index contributed by atoms with van der Waals surface area (Å²) in [4.78, 5) is 32.3. The van der Waals surface area contributed by atoms with Gasteiger partial charge in [-0.15, -0.1) is 0 Å². The highest BCUT2D eigenvalue weighted by atomic mass is 16.5. The normalized spacial score (nSPS) is 16.6. The Morgan fingerprint density at radius 1 is 1.00 bits per heavy atom. The van der Waals surface area contributed by atoms with Gasteiger partial charge < -0.3 is 19.5 Å². The number of aliphatic hydroxyl groups is 1. The number of aliphatic hydroxyl groups excluding tert-OH is 1. The van der Waals surface area contributed by atoms with Crippen molar-refractivity contribution in [1.82, 2.24) is 9.88 Å². The Hall–Kier alpha value is -4.13. The fourth-order valence-electron chi connectivity index (χ4n) is 4.56. The average Bonchev–Trinajstić information content (AvgIpc) is 3.17. The second-order valence-electron chi connectivity index (χ2n) is 9.35. The summed E-state index contributed by atoms with van der Waals surface area (Å²) >= 11 is 0. The van der Waals surface area contributed by atoms with Gasteiger partial charge in [-0.05, 0) is 49.6 Å². The summed E-state index contributed by atoms with van der Waals surface area (Å²) in [6.07, 6.45) is 6.42. The van der Waals surface area contributed by atoms with Crippen LogP contribution in [0, 0.1) is 6.92 Å². The van der Waals surface area contributed by atoms with E-state index in [9.17, 15) is 14.7 Å². The predicted octanol–water partition coefficient (Wildman–Crippen LogP) is 5.98. The summed E-state index contributed by atoms with van der Waals surface area (Å²) in [5.74, 6) is -0.474. The highest BCUT2D eigenvalue weighted by Crippen LogP contribution is 2.42. The monoisotopic (exact) mass is 514 g/mol. The molecule has 38 heavy (non-hydrogen) atoms. The number of amides is 1. The molecule has 1 N–H and O–H groups in total. The van der Waals surface area contributed by atoms with Gasteiger partial charge in [-0.25, -0.2) is 0 Å². The summed E-state index contributed by atoms with van der Waals surface area (Å²) in [5.41, 5.74) is 2.95. The first-order valence-electron chi connectivity index (χ1n) is 13.1. The Morgan fingerprint density at radius 3 is 2.47 bits per heavy atom. The van der Waals surface area contributed by atoms with Gasteiger partial charge >= 0.3 is 0 Å². The largest absolute Gasteiger partial charge is 0.507 e. The number of aromatic nitrogens is 1. The Labute approximate surface area is 223 Å². The summed E-state index contributed by atoms with van der Waals surface area (Å²) in [7, 11) is 0. The fourth-order valence-corrected chi connectivity index (χ4v) is 4.56. The molecule has 3 aromatic rings. The SMILES string of the molecule is CCCCCOc1ccc(C2C(=C(O)c3ccc(C)cc3)C(=O)C(=O)N2Cc2cccnc2)cc1OCC. The lowest BCUT2D eigenvalue weighted by Crippen LogP contribution is -2.29. The zero-order chi connectivity index (χ0) is 27.1. The molecule has 2 heterocycles. The molecule has 1 unspecified atom stereocenters. The minimum Gasteiger partial charge on any atom is -0.507 e. The van der Waals surface area contributed by atoms with Crippen molar-refractivity contribution in [3.8, 4) is 11.5 Å². The second-order valence-corrected chi connectivity index (χ2v) is 9.35. The molecule has 1 atom stereocenters. The molecular weight excluding hydrogens is 480 g/mol. The van der Waals surface area contributed by atoms with Crippen LogP contribution in [0.5, 0.6) is 11.5 Å². The first kappa shape index (κ1) is 26.9. The van der Waals surface area contributed by atoms with Crippen molar-refractivity contribution in [3.05, 3.63) is 94.8 Å². The van der Waals surface area contributed by atoms with E-state index in [2.05, 4.69) is 11.9 Å². The number of aryl methyl sites for hydroxylation is 1. The number of benzene rings is 2. The van der Waals surface area contributed by atoms with Crippen molar-refractivity contribution in [2.45, 2.75) is 52.6 Å². The topological polar surface area (TPSA) is 89.0 Å². The summed E-state index contributed by atoms with van der Waals surface area (Å²) < 4.78 is 11.9. The van der Waals surface area contributed by atoms with Gasteiger partial charge in [0.1, 0.15) is 5.76 Å². The number of rotatable bonds is 11. The fraction of sp³-hybridized carbons (Fsp3) is 0.323. The van der Waals surface area contributed by atoms with Crippen LogP contribution >= 0.6 is 0 Å². The minimum atomic E-state index is -0.815. The lowest BCUT2D eigenvalue weighted by molar-refractivity contribution is -0.140. The molecule has 0 radical (unpaired) electrons. The number of likely N-dealkylation sites (tertiary alicyclic amines) is 1. The standard InChI is InChI=1S/C31H34N2O5/c1-4-6-7-17-38-25-15-14-24(18-26(25)37-5-2)28-27(29(34)23-12-10-21(3)11-13-23)30(35)31(36)33(28)20-22-9-8-16-32-19-22/h8-16,18-19,28,34H,4-7,17,20H2,1-3H3. The van der Waals surface area contributed by atoms with Gasteiger partial charge in [0.05, 0.1) is 24.8 Å². The quantitative estimate of drug-likeness (QED) is 0.147. The molecular formula is C31H34N2O5. The Kier molecular flexibility index (Phi) is 8.79. The number of ether oxygens (including phenoxy) is 2. The van der Waals surface area contributed by atoms with E-state index in [-0.39, 0.29) is 17.9 Å². The molecule has 0 bridgehead atoms. The van der Waals surface area contributed by atoms with E-state index in [1.807, 2.05) is 44.2 Å². The van der Waals surface area contributed by atoms with E-state index in [1.54, 1.807) is 36.7 Å². The Morgan fingerprint density at radius 2 is 1.79 bits per heavy atom. The molecule has 1 amide bonds. The van der Waals surface area contributed by atoms with E-state index < -0.39 is 17.7 Å². The number of Topliss-reactive ketones (excluding diaryl/α,β-unsaturated/α-hetero) is 1. The molecule has 1 fully saturated rings. The van der Waals surface area contributed by atoms with Crippen LogP contribution in [0.25, 0.3) is 5.76 Å². The van der Waals surface area contributed by atoms with Gasteiger partial charge in [0.25, 0.3) is 11.7 Å². The predicted molar refractivity (Wildman–Crippen MR) is 146 cm³/mol. The van der Waals surface area contributed by atoms with Crippen LogP contribution in [0.15, 0.2) is 72.6 Å². The number of carbonyl (C=O) groups is 2. The van der Waals surface area contributed by atoms with Gasteiger partial charge in [0, 0.05) is 24.5 Å². The maximum Gasteiger partial charge on any atom is 0.295 e. The molecule has 4 rings (SSSR count). The minimum absolute atomic E-state index is 0.0433. The van der Waals surface area contributed by atoms with E-state index in [4.69, 9.17) is 9.47 Å². The first-order valence-corrected chi connectivity index (χ1v) is 13.1. The van der Waals surface area contributed by atoms with Crippen molar-refractivity contribution in [1.29, 1.82) is 0 Å². The highest BCUT2D eigenvalue weighted by Gasteiger charge is 2.46. The third-order valence-corrected chi connectivity index (χ3v) is 6.53. The first-order chi connectivity index (χ1) is 18.4. The summed E-state index contributed by atoms with van der Waals surface area (Å²) in [6.45, 7) is 7.12. The maximum atomic E-state index is 13.4. The third kappa shape index (κ3) is 5.88. The van der Waals surface area contributed by atoms with Gasteiger partial charge in [0.15, 0.2) is 11.5 Å². The van der Waals surface area contributed by atoms with Crippen molar-refractivity contribution < 1.29 is 24.2 Å².